The molecule has 0 bridgehead atoms. The maximum absolute atomic E-state index is 13.5. The predicted octanol–water partition coefficient (Wildman–Crippen LogP) is 2.71. The van der Waals surface area contributed by atoms with Gasteiger partial charge in [-0.25, -0.2) is 15.0 Å². The second-order valence-corrected chi connectivity index (χ2v) is 7.00. The Morgan fingerprint density at radius 1 is 1.27 bits per heavy atom. The fraction of sp³-hybridized carbons (Fsp3) is 0.474. The fourth-order valence-electron chi connectivity index (χ4n) is 3.07. The summed E-state index contributed by atoms with van der Waals surface area (Å²) in [6.07, 6.45) is -1.28. The Balaban J connectivity index is 1.93. The number of nitrogens with one attached hydrogen (secondary N) is 2. The van der Waals surface area contributed by atoms with Crippen LogP contribution in [0, 0.1) is 11.3 Å². The Morgan fingerprint density at radius 3 is 2.60 bits per heavy atom. The van der Waals surface area contributed by atoms with Gasteiger partial charge in [0.15, 0.2) is 11.5 Å². The average molecular weight is 421 g/mol. The van der Waals surface area contributed by atoms with Crippen LogP contribution in [0.1, 0.15) is 25.1 Å². The highest BCUT2D eigenvalue weighted by Crippen LogP contribution is 2.37. The zero-order valence-electron chi connectivity index (χ0n) is 16.6. The van der Waals surface area contributed by atoms with Crippen molar-refractivity contribution >= 4 is 17.3 Å². The molecule has 3 rings (SSSR count). The standard InChI is InChI=1S/C19H22F3N7O/c1-12(2)29(18-11-25-13(6-23)7-27-18)17-5-16(15(10-28-17)19(20,21)22)26-9-14-8-24-3-4-30-14/h5,7,10-12,14,24H,3-4,8-9H2,1-2H3,(H,26,28). The molecule has 1 saturated heterocycles. The van der Waals surface area contributed by atoms with Crippen molar-refractivity contribution in [2.24, 2.45) is 0 Å². The van der Waals surface area contributed by atoms with E-state index in [9.17, 15) is 13.2 Å². The van der Waals surface area contributed by atoms with Gasteiger partial charge < -0.3 is 20.3 Å². The van der Waals surface area contributed by atoms with Crippen LogP contribution < -0.4 is 15.5 Å². The minimum atomic E-state index is -4.56. The molecule has 0 aliphatic carbocycles. The number of halogens is 3. The SMILES string of the molecule is CC(C)N(c1cnc(C#N)cn1)c1cc(NCC2CNCCO2)c(C(F)(F)F)cn1. The molecule has 30 heavy (non-hydrogen) atoms. The van der Waals surface area contributed by atoms with Crippen LogP contribution in [0.15, 0.2) is 24.7 Å². The molecule has 1 fully saturated rings. The van der Waals surface area contributed by atoms with Gasteiger partial charge in [-0.1, -0.05) is 0 Å². The predicted molar refractivity (Wildman–Crippen MR) is 104 cm³/mol. The van der Waals surface area contributed by atoms with E-state index in [1.807, 2.05) is 19.9 Å². The number of alkyl halides is 3. The van der Waals surface area contributed by atoms with Gasteiger partial charge in [-0.2, -0.15) is 18.4 Å². The molecule has 2 N–H and O–H groups in total. The number of aromatic nitrogens is 3. The van der Waals surface area contributed by atoms with Crippen molar-refractivity contribution in [2.45, 2.75) is 32.2 Å². The Kier molecular flexibility index (Phi) is 6.69. The molecule has 0 amide bonds. The van der Waals surface area contributed by atoms with E-state index in [2.05, 4.69) is 25.6 Å². The second-order valence-electron chi connectivity index (χ2n) is 7.00. The molecule has 1 aliphatic rings. The van der Waals surface area contributed by atoms with Gasteiger partial charge in [0.05, 0.1) is 36.4 Å². The molecule has 1 aliphatic heterocycles. The average Bonchev–Trinajstić information content (AvgIpc) is 2.73. The maximum atomic E-state index is 13.5. The zero-order chi connectivity index (χ0) is 21.7. The van der Waals surface area contributed by atoms with Gasteiger partial charge in [0.2, 0.25) is 0 Å². The minimum Gasteiger partial charge on any atom is -0.382 e. The van der Waals surface area contributed by atoms with Crippen molar-refractivity contribution in [2.75, 3.05) is 36.5 Å². The van der Waals surface area contributed by atoms with E-state index in [0.29, 0.717) is 19.0 Å². The summed E-state index contributed by atoms with van der Waals surface area (Å²) in [5.41, 5.74) is -0.801. The number of morpholine rings is 1. The second kappa shape index (κ2) is 9.23. The molecule has 0 aromatic carbocycles. The summed E-state index contributed by atoms with van der Waals surface area (Å²) in [4.78, 5) is 13.9. The van der Waals surface area contributed by atoms with Crippen LogP contribution in [0.25, 0.3) is 0 Å². The molecule has 8 nitrogen and oxygen atoms in total. The fourth-order valence-corrected chi connectivity index (χ4v) is 3.07. The summed E-state index contributed by atoms with van der Waals surface area (Å²) in [6, 6.07) is 3.06. The summed E-state index contributed by atoms with van der Waals surface area (Å²) in [5, 5.41) is 14.9. The highest BCUT2D eigenvalue weighted by Gasteiger charge is 2.35. The number of ether oxygens (including phenoxy) is 1. The van der Waals surface area contributed by atoms with Gasteiger partial charge in [0.1, 0.15) is 11.9 Å². The number of hydrogen-bond donors (Lipinski definition) is 2. The lowest BCUT2D eigenvalue weighted by molar-refractivity contribution is -0.137. The number of hydrogen-bond acceptors (Lipinski definition) is 8. The molecule has 160 valence electrons. The molecule has 0 saturated carbocycles. The van der Waals surface area contributed by atoms with Crippen molar-refractivity contribution in [1.29, 1.82) is 5.26 Å². The number of nitrogens with zero attached hydrogens (tertiary/aromatic N) is 5. The molecule has 2 aromatic heterocycles. The molecular weight excluding hydrogens is 399 g/mol. The summed E-state index contributed by atoms with van der Waals surface area (Å²) in [5.74, 6) is 0.657. The quantitative estimate of drug-likeness (QED) is 0.735. The summed E-state index contributed by atoms with van der Waals surface area (Å²) < 4.78 is 46.1. The molecule has 11 heteroatoms. The first-order valence-electron chi connectivity index (χ1n) is 9.44. The van der Waals surface area contributed by atoms with Crippen molar-refractivity contribution in [1.82, 2.24) is 20.3 Å². The Morgan fingerprint density at radius 2 is 2.03 bits per heavy atom. The van der Waals surface area contributed by atoms with E-state index in [0.717, 1.165) is 12.7 Å². The van der Waals surface area contributed by atoms with Gasteiger partial charge in [-0.15, -0.1) is 0 Å². The number of rotatable bonds is 6. The van der Waals surface area contributed by atoms with E-state index in [1.54, 1.807) is 4.90 Å². The van der Waals surface area contributed by atoms with Crippen LogP contribution >= 0.6 is 0 Å². The molecule has 3 heterocycles. The third-order valence-corrected chi connectivity index (χ3v) is 4.48. The first kappa shape index (κ1) is 21.7. The van der Waals surface area contributed by atoms with Gasteiger partial charge in [-0.3, -0.25) is 0 Å². The number of nitriles is 1. The molecule has 2 aromatic rings. The van der Waals surface area contributed by atoms with Crippen LogP contribution in [-0.4, -0.2) is 53.3 Å². The zero-order valence-corrected chi connectivity index (χ0v) is 16.6. The number of pyridine rings is 1. The van der Waals surface area contributed by atoms with Gasteiger partial charge in [0, 0.05) is 37.9 Å². The highest BCUT2D eigenvalue weighted by atomic mass is 19.4. The van der Waals surface area contributed by atoms with E-state index in [4.69, 9.17) is 10.00 Å². The lowest BCUT2D eigenvalue weighted by atomic mass is 10.2. The van der Waals surface area contributed by atoms with Crippen LogP contribution in [0.2, 0.25) is 0 Å². The third-order valence-electron chi connectivity index (χ3n) is 4.48. The largest absolute Gasteiger partial charge is 0.419 e. The van der Waals surface area contributed by atoms with Crippen molar-refractivity contribution in [3.63, 3.8) is 0 Å². The normalized spacial score (nSPS) is 16.9. The van der Waals surface area contributed by atoms with Gasteiger partial charge in [0.25, 0.3) is 0 Å². The van der Waals surface area contributed by atoms with Crippen LogP contribution in [0.4, 0.5) is 30.5 Å². The van der Waals surface area contributed by atoms with Crippen LogP contribution in [0.5, 0.6) is 0 Å². The smallest absolute Gasteiger partial charge is 0.382 e. The van der Waals surface area contributed by atoms with E-state index in [1.165, 1.54) is 18.5 Å². The Hall–Kier alpha value is -2.97. The van der Waals surface area contributed by atoms with Gasteiger partial charge >= 0.3 is 6.18 Å². The lowest BCUT2D eigenvalue weighted by Crippen LogP contribution is -2.42. The first-order valence-corrected chi connectivity index (χ1v) is 9.44. The maximum Gasteiger partial charge on any atom is 0.419 e. The van der Waals surface area contributed by atoms with Crippen molar-refractivity contribution < 1.29 is 17.9 Å². The van der Waals surface area contributed by atoms with Crippen molar-refractivity contribution in [3.05, 3.63) is 35.9 Å². The Labute approximate surface area is 172 Å². The first-order chi connectivity index (χ1) is 14.3. The molecule has 0 spiro atoms. The minimum absolute atomic E-state index is 0.0890. The van der Waals surface area contributed by atoms with Crippen LogP contribution in [0.3, 0.4) is 0 Å². The molecule has 1 atom stereocenters. The van der Waals surface area contributed by atoms with Crippen molar-refractivity contribution in [3.8, 4) is 6.07 Å². The third kappa shape index (κ3) is 5.14. The molecule has 0 radical (unpaired) electrons. The van der Waals surface area contributed by atoms with E-state index < -0.39 is 11.7 Å². The highest BCUT2D eigenvalue weighted by molar-refractivity contribution is 5.64. The molecule has 1 unspecified atom stereocenters. The monoisotopic (exact) mass is 421 g/mol. The van der Waals surface area contributed by atoms with E-state index >= 15 is 0 Å². The summed E-state index contributed by atoms with van der Waals surface area (Å²) in [6.45, 7) is 5.72. The topological polar surface area (TPSA) is 99.0 Å². The summed E-state index contributed by atoms with van der Waals surface area (Å²) in [7, 11) is 0. The van der Waals surface area contributed by atoms with E-state index in [-0.39, 0.29) is 35.9 Å². The Bertz CT molecular complexity index is 890. The summed E-state index contributed by atoms with van der Waals surface area (Å²) >= 11 is 0. The van der Waals surface area contributed by atoms with Crippen LogP contribution in [-0.2, 0) is 10.9 Å². The van der Waals surface area contributed by atoms with Gasteiger partial charge in [-0.05, 0) is 13.8 Å². The molecular formula is C19H22F3N7O. The lowest BCUT2D eigenvalue weighted by Gasteiger charge is -2.28. The number of anilines is 3.